The van der Waals surface area contributed by atoms with Crippen molar-refractivity contribution in [2.45, 2.75) is 6.42 Å². The minimum Gasteiger partial charge on any atom is -0.506 e. The van der Waals surface area contributed by atoms with E-state index in [1.807, 2.05) is 30.3 Å². The molecule has 3 heteroatoms. The van der Waals surface area contributed by atoms with Crippen LogP contribution in [0.3, 0.4) is 0 Å². The molecule has 0 aromatic heterocycles. The molecule has 0 heterocycles. The molecule has 0 aliphatic heterocycles. The fraction of sp³-hybridized carbons (Fsp3) is 0.0769. The first-order chi connectivity index (χ1) is 7.68. The Morgan fingerprint density at radius 2 is 1.62 bits per heavy atom. The molecule has 0 aliphatic rings. The fourth-order valence-electron chi connectivity index (χ4n) is 1.67. The van der Waals surface area contributed by atoms with Gasteiger partial charge in [0.15, 0.2) is 0 Å². The van der Waals surface area contributed by atoms with Crippen molar-refractivity contribution in [1.82, 2.24) is 0 Å². The lowest BCUT2D eigenvalue weighted by atomic mass is 10.0. The molecular weight excluding hydrogens is 200 g/mol. The van der Waals surface area contributed by atoms with E-state index >= 15 is 0 Å². The minimum atomic E-state index is 0.0835. The third-order valence-corrected chi connectivity index (χ3v) is 2.59. The zero-order valence-corrected chi connectivity index (χ0v) is 8.85. The van der Waals surface area contributed by atoms with Crippen LogP contribution in [0.1, 0.15) is 11.1 Å². The number of anilines is 2. The highest BCUT2D eigenvalue weighted by Gasteiger charge is 2.08. The van der Waals surface area contributed by atoms with Crippen LogP contribution in [-0.4, -0.2) is 5.11 Å². The summed E-state index contributed by atoms with van der Waals surface area (Å²) in [6.45, 7) is 0. The molecule has 2 aromatic carbocycles. The van der Waals surface area contributed by atoms with Crippen molar-refractivity contribution in [2.75, 3.05) is 11.5 Å². The molecule has 0 aliphatic carbocycles. The quantitative estimate of drug-likeness (QED) is 0.407. The molecule has 2 rings (SSSR count). The summed E-state index contributed by atoms with van der Waals surface area (Å²) in [5, 5.41) is 9.52. The van der Waals surface area contributed by atoms with Crippen LogP contribution in [0, 0.1) is 0 Å². The molecule has 82 valence electrons. The monoisotopic (exact) mass is 214 g/mol. The van der Waals surface area contributed by atoms with E-state index in [0.29, 0.717) is 17.8 Å². The van der Waals surface area contributed by atoms with Crippen LogP contribution in [-0.2, 0) is 6.42 Å². The van der Waals surface area contributed by atoms with Gasteiger partial charge in [0.05, 0.1) is 5.69 Å². The molecule has 0 atom stereocenters. The minimum absolute atomic E-state index is 0.0835. The molecule has 0 saturated carbocycles. The van der Waals surface area contributed by atoms with E-state index in [4.69, 9.17) is 11.5 Å². The first-order valence-corrected chi connectivity index (χ1v) is 5.08. The SMILES string of the molecule is Nc1ccc(O)c(N)c1Cc1ccccc1. The van der Waals surface area contributed by atoms with Crippen molar-refractivity contribution in [2.24, 2.45) is 0 Å². The van der Waals surface area contributed by atoms with Crippen molar-refractivity contribution in [1.29, 1.82) is 0 Å². The summed E-state index contributed by atoms with van der Waals surface area (Å²) in [7, 11) is 0. The molecule has 0 bridgehead atoms. The first kappa shape index (κ1) is 10.4. The summed E-state index contributed by atoms with van der Waals surface area (Å²) < 4.78 is 0. The van der Waals surface area contributed by atoms with Gasteiger partial charge in [-0.25, -0.2) is 0 Å². The number of rotatable bonds is 2. The Morgan fingerprint density at radius 3 is 2.31 bits per heavy atom. The second-order valence-electron chi connectivity index (χ2n) is 3.73. The third kappa shape index (κ3) is 1.93. The molecule has 0 radical (unpaired) electrons. The van der Waals surface area contributed by atoms with Crippen molar-refractivity contribution >= 4 is 11.4 Å². The van der Waals surface area contributed by atoms with E-state index in [1.54, 1.807) is 6.07 Å². The molecule has 0 unspecified atom stereocenters. The van der Waals surface area contributed by atoms with Gasteiger partial charge in [-0.3, -0.25) is 0 Å². The Labute approximate surface area is 94.3 Å². The van der Waals surface area contributed by atoms with Crippen LogP contribution in [0.2, 0.25) is 0 Å². The predicted molar refractivity (Wildman–Crippen MR) is 66.2 cm³/mol. The largest absolute Gasteiger partial charge is 0.506 e. The summed E-state index contributed by atoms with van der Waals surface area (Å²) in [5.74, 6) is 0.0835. The van der Waals surface area contributed by atoms with E-state index < -0.39 is 0 Å². The van der Waals surface area contributed by atoms with Gasteiger partial charge in [0.2, 0.25) is 0 Å². The predicted octanol–water partition coefficient (Wildman–Crippen LogP) is 2.15. The molecule has 0 spiro atoms. The van der Waals surface area contributed by atoms with Crippen LogP contribution >= 0.6 is 0 Å². The van der Waals surface area contributed by atoms with E-state index in [1.165, 1.54) is 6.07 Å². The second kappa shape index (κ2) is 4.14. The van der Waals surface area contributed by atoms with Crippen LogP contribution in [0.15, 0.2) is 42.5 Å². The third-order valence-electron chi connectivity index (χ3n) is 2.59. The van der Waals surface area contributed by atoms with E-state index in [0.717, 1.165) is 11.1 Å². The summed E-state index contributed by atoms with van der Waals surface area (Å²) in [6.07, 6.45) is 0.632. The van der Waals surface area contributed by atoms with Gasteiger partial charge in [-0.05, 0) is 17.7 Å². The van der Waals surface area contributed by atoms with Gasteiger partial charge in [0.25, 0.3) is 0 Å². The van der Waals surface area contributed by atoms with E-state index in [2.05, 4.69) is 0 Å². The molecule has 5 N–H and O–H groups in total. The number of phenolic OH excluding ortho intramolecular Hbond substituents is 1. The molecule has 3 nitrogen and oxygen atoms in total. The first-order valence-electron chi connectivity index (χ1n) is 5.08. The molecular formula is C13H14N2O. The van der Waals surface area contributed by atoms with Gasteiger partial charge in [0.1, 0.15) is 5.75 Å². The standard InChI is InChI=1S/C13H14N2O/c14-11-6-7-12(16)13(15)10(11)8-9-4-2-1-3-5-9/h1-7,16H,8,14-15H2. The maximum Gasteiger partial charge on any atom is 0.138 e. The number of nitrogens with two attached hydrogens (primary N) is 2. The Morgan fingerprint density at radius 1 is 0.938 bits per heavy atom. The average molecular weight is 214 g/mol. The van der Waals surface area contributed by atoms with Gasteiger partial charge in [-0.15, -0.1) is 0 Å². The zero-order chi connectivity index (χ0) is 11.5. The maximum atomic E-state index is 9.52. The fourth-order valence-corrected chi connectivity index (χ4v) is 1.67. The zero-order valence-electron chi connectivity index (χ0n) is 8.85. The lowest BCUT2D eigenvalue weighted by molar-refractivity contribution is 0.477. The number of nitrogen functional groups attached to an aromatic ring is 2. The van der Waals surface area contributed by atoms with E-state index in [9.17, 15) is 5.11 Å². The van der Waals surface area contributed by atoms with E-state index in [-0.39, 0.29) is 5.75 Å². The van der Waals surface area contributed by atoms with Crippen molar-refractivity contribution in [3.8, 4) is 5.75 Å². The number of aromatic hydroxyl groups is 1. The van der Waals surface area contributed by atoms with Gasteiger partial charge in [-0.2, -0.15) is 0 Å². The highest BCUT2D eigenvalue weighted by Crippen LogP contribution is 2.30. The number of phenols is 1. The van der Waals surface area contributed by atoms with Gasteiger partial charge < -0.3 is 16.6 Å². The van der Waals surface area contributed by atoms with Crippen LogP contribution in [0.25, 0.3) is 0 Å². The summed E-state index contributed by atoms with van der Waals surface area (Å²) in [5.41, 5.74) is 14.5. The number of hydrogen-bond donors (Lipinski definition) is 3. The van der Waals surface area contributed by atoms with Crippen LogP contribution < -0.4 is 11.5 Å². The van der Waals surface area contributed by atoms with Crippen LogP contribution in [0.4, 0.5) is 11.4 Å². The van der Waals surface area contributed by atoms with Gasteiger partial charge >= 0.3 is 0 Å². The number of benzene rings is 2. The lowest BCUT2D eigenvalue weighted by Crippen LogP contribution is -2.01. The lowest BCUT2D eigenvalue weighted by Gasteiger charge is -2.10. The Hall–Kier alpha value is -2.16. The maximum absolute atomic E-state index is 9.52. The molecule has 0 saturated heterocycles. The molecule has 0 fully saturated rings. The molecule has 2 aromatic rings. The second-order valence-corrected chi connectivity index (χ2v) is 3.73. The summed E-state index contributed by atoms with van der Waals surface area (Å²) in [6, 6.07) is 13.1. The van der Waals surface area contributed by atoms with Crippen LogP contribution in [0.5, 0.6) is 5.75 Å². The average Bonchev–Trinajstić information content (AvgIpc) is 2.31. The Kier molecular flexibility index (Phi) is 2.68. The summed E-state index contributed by atoms with van der Waals surface area (Å²) >= 11 is 0. The Bertz CT molecular complexity index is 495. The highest BCUT2D eigenvalue weighted by molar-refractivity contribution is 5.68. The Balaban J connectivity index is 2.38. The number of hydrogen-bond acceptors (Lipinski definition) is 3. The molecule has 16 heavy (non-hydrogen) atoms. The molecule has 0 amide bonds. The van der Waals surface area contributed by atoms with Crippen molar-refractivity contribution < 1.29 is 5.11 Å². The van der Waals surface area contributed by atoms with Gasteiger partial charge in [0, 0.05) is 17.7 Å². The topological polar surface area (TPSA) is 72.3 Å². The summed E-state index contributed by atoms with van der Waals surface area (Å²) in [4.78, 5) is 0. The highest BCUT2D eigenvalue weighted by atomic mass is 16.3. The van der Waals surface area contributed by atoms with Gasteiger partial charge in [-0.1, -0.05) is 30.3 Å². The smallest absolute Gasteiger partial charge is 0.138 e. The van der Waals surface area contributed by atoms with Crippen molar-refractivity contribution in [3.63, 3.8) is 0 Å². The normalized spacial score (nSPS) is 10.2. The van der Waals surface area contributed by atoms with Crippen molar-refractivity contribution in [3.05, 3.63) is 53.6 Å².